The van der Waals surface area contributed by atoms with Gasteiger partial charge in [0.05, 0.1) is 42.7 Å². The summed E-state index contributed by atoms with van der Waals surface area (Å²) in [5, 5.41) is 22.4. The molecule has 4 aromatic carbocycles. The topological polar surface area (TPSA) is 112 Å². The number of benzene rings is 4. The Labute approximate surface area is 298 Å². The molecule has 1 aliphatic carbocycles. The molecule has 2 N–H and O–H groups in total. The summed E-state index contributed by atoms with van der Waals surface area (Å²) in [6, 6.07) is 12.0. The van der Waals surface area contributed by atoms with E-state index < -0.39 is 0 Å². The van der Waals surface area contributed by atoms with Gasteiger partial charge in [0.15, 0.2) is 34.5 Å². The average molecular weight is 699 g/mol. The third-order valence-corrected chi connectivity index (χ3v) is 10.9. The van der Waals surface area contributed by atoms with Crippen molar-refractivity contribution in [1.82, 2.24) is 9.80 Å². The molecule has 0 aromatic heterocycles. The molecule has 0 radical (unpaired) electrons. The first-order valence-electron chi connectivity index (χ1n) is 17.1. The monoisotopic (exact) mass is 698 g/mol. The van der Waals surface area contributed by atoms with E-state index in [1.165, 1.54) is 0 Å². The number of methoxy groups -OCH3 is 6. The number of aromatic hydroxyl groups is 2. The zero-order valence-corrected chi connectivity index (χ0v) is 30.5. The van der Waals surface area contributed by atoms with Gasteiger partial charge in [-0.1, -0.05) is 12.1 Å². The predicted molar refractivity (Wildman–Crippen MR) is 193 cm³/mol. The minimum atomic E-state index is -0.0295. The molecule has 7 rings (SSSR count). The fourth-order valence-corrected chi connectivity index (χ4v) is 8.26. The van der Waals surface area contributed by atoms with Gasteiger partial charge in [0.25, 0.3) is 0 Å². The molecule has 0 spiro atoms. The van der Waals surface area contributed by atoms with Crippen LogP contribution in [-0.4, -0.2) is 89.9 Å². The Bertz CT molecular complexity index is 1980. The number of hydrogen-bond donors (Lipinski definition) is 2. The number of ether oxygens (including phenoxy) is 7. The van der Waals surface area contributed by atoms with Crippen LogP contribution < -0.4 is 33.2 Å². The van der Waals surface area contributed by atoms with E-state index in [0.29, 0.717) is 58.8 Å². The summed E-state index contributed by atoms with van der Waals surface area (Å²) in [4.78, 5) is 4.61. The highest BCUT2D eigenvalue weighted by Crippen LogP contribution is 2.60. The van der Waals surface area contributed by atoms with E-state index in [4.69, 9.17) is 33.2 Å². The van der Waals surface area contributed by atoms with E-state index >= 15 is 0 Å². The van der Waals surface area contributed by atoms with Crippen LogP contribution >= 0.6 is 0 Å². The Kier molecular flexibility index (Phi) is 9.19. The van der Waals surface area contributed by atoms with Crippen LogP contribution in [0, 0.1) is 0 Å². The van der Waals surface area contributed by atoms with Crippen LogP contribution in [0.15, 0.2) is 36.4 Å². The largest absolute Gasteiger partial charge is 0.504 e. The fraction of sp³-hybridized carbons (Fsp3) is 0.400. The molecule has 2 atom stereocenters. The van der Waals surface area contributed by atoms with Crippen molar-refractivity contribution < 1.29 is 43.4 Å². The minimum Gasteiger partial charge on any atom is -0.504 e. The van der Waals surface area contributed by atoms with Gasteiger partial charge in [-0.25, -0.2) is 0 Å². The Morgan fingerprint density at radius 3 is 1.90 bits per heavy atom. The molecule has 51 heavy (non-hydrogen) atoms. The molecule has 0 fully saturated rings. The fourth-order valence-electron chi connectivity index (χ4n) is 8.26. The SMILES string of the molecule is COc1cc2c(c(O)c1OC)CCN(C)[C@@H]2Cc1ccc(Oc2c3c(cc(OC)c2OC)-c2c(OC)c(OC)c(O)c4c2[C@H](C3)N(C)CC4)cc1. The van der Waals surface area contributed by atoms with Gasteiger partial charge in [-0.15, -0.1) is 0 Å². The lowest BCUT2D eigenvalue weighted by Crippen LogP contribution is -2.36. The number of hydrogen-bond acceptors (Lipinski definition) is 11. The molecule has 0 bridgehead atoms. The highest BCUT2D eigenvalue weighted by Gasteiger charge is 2.41. The molecule has 2 aliphatic heterocycles. The number of phenols is 2. The van der Waals surface area contributed by atoms with Gasteiger partial charge in [0, 0.05) is 47.4 Å². The van der Waals surface area contributed by atoms with Crippen molar-refractivity contribution in [2.24, 2.45) is 0 Å². The zero-order valence-electron chi connectivity index (χ0n) is 30.5. The first-order chi connectivity index (χ1) is 24.7. The number of nitrogens with zero attached hydrogens (tertiary/aromatic N) is 2. The second kappa shape index (κ2) is 13.6. The molecule has 3 aliphatic rings. The molecule has 2 heterocycles. The van der Waals surface area contributed by atoms with Crippen molar-refractivity contribution in [2.75, 3.05) is 69.8 Å². The van der Waals surface area contributed by atoms with E-state index in [9.17, 15) is 10.2 Å². The molecule has 270 valence electrons. The van der Waals surface area contributed by atoms with Crippen molar-refractivity contribution in [1.29, 1.82) is 0 Å². The lowest BCUT2D eigenvalue weighted by atomic mass is 9.75. The van der Waals surface area contributed by atoms with E-state index in [2.05, 4.69) is 36.0 Å². The third-order valence-electron chi connectivity index (χ3n) is 10.9. The Morgan fingerprint density at radius 1 is 0.647 bits per heavy atom. The zero-order chi connectivity index (χ0) is 36.1. The summed E-state index contributed by atoms with van der Waals surface area (Å²) in [5.41, 5.74) is 7.64. The van der Waals surface area contributed by atoms with Gasteiger partial charge in [-0.05, 0) is 86.3 Å². The Morgan fingerprint density at radius 2 is 1.25 bits per heavy atom. The molecular weight excluding hydrogens is 652 g/mol. The summed E-state index contributed by atoms with van der Waals surface area (Å²) in [6.45, 7) is 1.58. The van der Waals surface area contributed by atoms with E-state index in [0.717, 1.165) is 70.4 Å². The van der Waals surface area contributed by atoms with Crippen LogP contribution in [0.3, 0.4) is 0 Å². The molecule has 0 saturated heterocycles. The van der Waals surface area contributed by atoms with Gasteiger partial charge >= 0.3 is 0 Å². The molecule has 0 unspecified atom stereocenters. The summed E-state index contributed by atoms with van der Waals surface area (Å²) >= 11 is 0. The number of rotatable bonds is 10. The second-order valence-corrected chi connectivity index (χ2v) is 13.3. The van der Waals surface area contributed by atoms with Crippen LogP contribution in [-0.2, 0) is 25.7 Å². The van der Waals surface area contributed by atoms with E-state index in [1.54, 1.807) is 42.7 Å². The number of likely N-dealkylation sites (N-methyl/N-ethyl adjacent to an activating group) is 2. The standard InChI is InChI=1S/C40H46N2O9/c1-41-15-13-23-25(19-30(45-3)37(47-5)34(23)43)28(41)17-21-9-11-22(12-10-21)51-36-27-18-29-32-24(14-16-42(29)2)35(44)40(50-8)39(49-7)33(32)26(27)20-31(46-4)38(36)48-6/h9-12,19-20,28-29,43-44H,13-18H2,1-8H3/t28-,29+/m1/s1. The highest BCUT2D eigenvalue weighted by atomic mass is 16.5. The lowest BCUT2D eigenvalue weighted by molar-refractivity contribution is 0.221. The van der Waals surface area contributed by atoms with Crippen LogP contribution in [0.5, 0.6) is 57.5 Å². The van der Waals surface area contributed by atoms with Crippen LogP contribution in [0.1, 0.15) is 45.5 Å². The third kappa shape index (κ3) is 5.50. The number of fused-ring (bicyclic) bond motifs is 3. The summed E-state index contributed by atoms with van der Waals surface area (Å²) < 4.78 is 41.3. The lowest BCUT2D eigenvalue weighted by Gasteiger charge is -2.41. The molecule has 11 heteroatoms. The number of phenolic OH excluding ortho intramolecular Hbond substituents is 2. The smallest absolute Gasteiger partial charge is 0.204 e. The van der Waals surface area contributed by atoms with E-state index in [-0.39, 0.29) is 23.6 Å². The highest BCUT2D eigenvalue weighted by molar-refractivity contribution is 5.89. The van der Waals surface area contributed by atoms with Crippen LogP contribution in [0.2, 0.25) is 0 Å². The normalized spacial score (nSPS) is 17.9. The van der Waals surface area contributed by atoms with Crippen molar-refractivity contribution >= 4 is 0 Å². The molecule has 0 amide bonds. The van der Waals surface area contributed by atoms with Gasteiger partial charge in [-0.3, -0.25) is 9.80 Å². The first-order valence-corrected chi connectivity index (χ1v) is 17.1. The summed E-state index contributed by atoms with van der Waals surface area (Å²) in [6.07, 6.45) is 2.75. The first kappa shape index (κ1) is 34.4. The van der Waals surface area contributed by atoms with Crippen molar-refractivity contribution in [3.05, 3.63) is 69.8 Å². The molecular formula is C40H46N2O9. The summed E-state index contributed by atoms with van der Waals surface area (Å²) in [5.74, 6) is 4.17. The van der Waals surface area contributed by atoms with Crippen molar-refractivity contribution in [3.63, 3.8) is 0 Å². The summed E-state index contributed by atoms with van der Waals surface area (Å²) in [7, 11) is 13.7. The van der Waals surface area contributed by atoms with Gasteiger partial charge < -0.3 is 43.4 Å². The average Bonchev–Trinajstić information content (AvgIpc) is 3.14. The maximum absolute atomic E-state index is 11.3. The van der Waals surface area contributed by atoms with E-state index in [1.807, 2.05) is 24.3 Å². The predicted octanol–water partition coefficient (Wildman–Crippen LogP) is 6.47. The van der Waals surface area contributed by atoms with Crippen LogP contribution in [0.4, 0.5) is 0 Å². The second-order valence-electron chi connectivity index (χ2n) is 13.3. The molecule has 4 aromatic rings. The molecule has 11 nitrogen and oxygen atoms in total. The Hall–Kier alpha value is -5.00. The van der Waals surface area contributed by atoms with Crippen molar-refractivity contribution in [2.45, 2.75) is 37.8 Å². The van der Waals surface area contributed by atoms with Gasteiger partial charge in [-0.2, -0.15) is 0 Å². The van der Waals surface area contributed by atoms with Crippen LogP contribution in [0.25, 0.3) is 11.1 Å². The maximum atomic E-state index is 11.3. The van der Waals surface area contributed by atoms with Gasteiger partial charge in [0.2, 0.25) is 17.2 Å². The van der Waals surface area contributed by atoms with Crippen molar-refractivity contribution in [3.8, 4) is 68.6 Å². The van der Waals surface area contributed by atoms with Gasteiger partial charge in [0.1, 0.15) is 5.75 Å². The Balaban J connectivity index is 1.28. The minimum absolute atomic E-state index is 0.0283. The quantitative estimate of drug-likeness (QED) is 0.190. The molecule has 0 saturated carbocycles. The maximum Gasteiger partial charge on any atom is 0.204 e.